The molecule has 1 saturated heterocycles. The standard InChI is InChI=1S/C12H17BrN4O2/c13-9-6-10(15-7-9)12(19)17-3-1-2-16(4-5-17)8-11(14)18/h6-7,15H,1-5,8H2,(H2,14,18). The summed E-state index contributed by atoms with van der Waals surface area (Å²) in [5, 5.41) is 0. The monoisotopic (exact) mass is 328 g/mol. The van der Waals surface area contributed by atoms with Gasteiger partial charge in [0, 0.05) is 36.8 Å². The summed E-state index contributed by atoms with van der Waals surface area (Å²) < 4.78 is 0.862. The van der Waals surface area contributed by atoms with E-state index in [1.165, 1.54) is 0 Å². The number of aromatic amines is 1. The normalized spacial score (nSPS) is 17.2. The van der Waals surface area contributed by atoms with Crippen molar-refractivity contribution in [2.24, 2.45) is 5.73 Å². The lowest BCUT2D eigenvalue weighted by atomic mass is 10.3. The van der Waals surface area contributed by atoms with E-state index in [0.717, 1.165) is 17.4 Å². The Morgan fingerprint density at radius 3 is 2.74 bits per heavy atom. The lowest BCUT2D eigenvalue weighted by Crippen LogP contribution is -2.38. The number of primary amides is 1. The van der Waals surface area contributed by atoms with Gasteiger partial charge in [-0.25, -0.2) is 0 Å². The van der Waals surface area contributed by atoms with Gasteiger partial charge in [0.15, 0.2) is 0 Å². The fourth-order valence-corrected chi connectivity index (χ4v) is 2.56. The summed E-state index contributed by atoms with van der Waals surface area (Å²) >= 11 is 3.31. The van der Waals surface area contributed by atoms with Crippen LogP contribution in [0.25, 0.3) is 0 Å². The van der Waals surface area contributed by atoms with E-state index in [1.807, 2.05) is 4.90 Å². The maximum atomic E-state index is 12.3. The molecular formula is C12H17BrN4O2. The molecule has 1 fully saturated rings. The molecule has 6 nitrogen and oxygen atoms in total. The topological polar surface area (TPSA) is 82.4 Å². The highest BCUT2D eigenvalue weighted by Crippen LogP contribution is 2.13. The van der Waals surface area contributed by atoms with E-state index in [1.54, 1.807) is 17.2 Å². The van der Waals surface area contributed by atoms with Crippen LogP contribution >= 0.6 is 15.9 Å². The van der Waals surface area contributed by atoms with Crippen LogP contribution in [0, 0.1) is 0 Å². The minimum atomic E-state index is -0.326. The third-order valence-electron chi connectivity index (χ3n) is 3.13. The molecular weight excluding hydrogens is 312 g/mol. The molecule has 0 aromatic carbocycles. The summed E-state index contributed by atoms with van der Waals surface area (Å²) in [6.45, 7) is 3.04. The summed E-state index contributed by atoms with van der Waals surface area (Å²) in [7, 11) is 0. The van der Waals surface area contributed by atoms with E-state index in [9.17, 15) is 9.59 Å². The zero-order valence-electron chi connectivity index (χ0n) is 10.6. The molecule has 0 radical (unpaired) electrons. The predicted octanol–water partition coefficient (Wildman–Crippen LogP) is 0.410. The first-order chi connectivity index (χ1) is 9.06. The second-order valence-corrected chi connectivity index (χ2v) is 5.54. The Kier molecular flexibility index (Phi) is 4.60. The van der Waals surface area contributed by atoms with Gasteiger partial charge >= 0.3 is 0 Å². The van der Waals surface area contributed by atoms with Crippen LogP contribution in [0.15, 0.2) is 16.7 Å². The lowest BCUT2D eigenvalue weighted by Gasteiger charge is -2.20. The Balaban J connectivity index is 1.95. The van der Waals surface area contributed by atoms with Crippen molar-refractivity contribution in [1.29, 1.82) is 0 Å². The van der Waals surface area contributed by atoms with Crippen LogP contribution < -0.4 is 5.73 Å². The number of nitrogens with zero attached hydrogens (tertiary/aromatic N) is 2. The predicted molar refractivity (Wildman–Crippen MR) is 74.6 cm³/mol. The number of H-pyrrole nitrogens is 1. The Morgan fingerprint density at radius 1 is 1.32 bits per heavy atom. The zero-order valence-corrected chi connectivity index (χ0v) is 12.1. The van der Waals surface area contributed by atoms with E-state index < -0.39 is 0 Å². The van der Waals surface area contributed by atoms with Gasteiger partial charge in [-0.05, 0) is 28.4 Å². The van der Waals surface area contributed by atoms with Crippen LogP contribution in [-0.2, 0) is 4.79 Å². The van der Waals surface area contributed by atoms with Gasteiger partial charge in [-0.1, -0.05) is 0 Å². The molecule has 3 N–H and O–H groups in total. The van der Waals surface area contributed by atoms with Gasteiger partial charge in [0.1, 0.15) is 5.69 Å². The maximum absolute atomic E-state index is 12.3. The SMILES string of the molecule is NC(=O)CN1CCCN(C(=O)c2cc(Br)c[nH]2)CC1. The van der Waals surface area contributed by atoms with E-state index in [2.05, 4.69) is 20.9 Å². The summed E-state index contributed by atoms with van der Waals surface area (Å²) in [6, 6.07) is 1.77. The fourth-order valence-electron chi connectivity index (χ4n) is 2.21. The van der Waals surface area contributed by atoms with Gasteiger partial charge in [0.25, 0.3) is 5.91 Å². The molecule has 2 rings (SSSR count). The average Bonchev–Trinajstić information content (AvgIpc) is 2.65. The Morgan fingerprint density at radius 2 is 2.11 bits per heavy atom. The number of rotatable bonds is 3. The van der Waals surface area contributed by atoms with E-state index in [0.29, 0.717) is 25.3 Å². The zero-order chi connectivity index (χ0) is 13.8. The van der Waals surface area contributed by atoms with Crippen LogP contribution in [-0.4, -0.2) is 59.3 Å². The molecule has 0 bridgehead atoms. The molecule has 2 amide bonds. The molecule has 0 atom stereocenters. The van der Waals surface area contributed by atoms with Crippen molar-refractivity contribution in [3.8, 4) is 0 Å². The summed E-state index contributed by atoms with van der Waals surface area (Å²) in [6.07, 6.45) is 2.59. The largest absolute Gasteiger partial charge is 0.369 e. The van der Waals surface area contributed by atoms with E-state index in [-0.39, 0.29) is 18.4 Å². The molecule has 0 saturated carbocycles. The van der Waals surface area contributed by atoms with Crippen LogP contribution in [0.5, 0.6) is 0 Å². The average molecular weight is 329 g/mol. The number of carbonyl (C=O) groups is 2. The Labute approximate surface area is 120 Å². The number of halogens is 1. The highest BCUT2D eigenvalue weighted by atomic mass is 79.9. The molecule has 7 heteroatoms. The summed E-state index contributed by atoms with van der Waals surface area (Å²) in [5.74, 6) is -0.334. The third-order valence-corrected chi connectivity index (χ3v) is 3.59. The van der Waals surface area contributed by atoms with Crippen LogP contribution in [0.4, 0.5) is 0 Å². The van der Waals surface area contributed by atoms with Crippen LogP contribution in [0.3, 0.4) is 0 Å². The fraction of sp³-hybridized carbons (Fsp3) is 0.500. The number of aromatic nitrogens is 1. The van der Waals surface area contributed by atoms with Gasteiger partial charge in [0.2, 0.25) is 5.91 Å². The first-order valence-corrected chi connectivity index (χ1v) is 6.99. The van der Waals surface area contributed by atoms with E-state index >= 15 is 0 Å². The molecule has 0 unspecified atom stereocenters. The second-order valence-electron chi connectivity index (χ2n) is 4.62. The quantitative estimate of drug-likeness (QED) is 0.843. The van der Waals surface area contributed by atoms with Crippen molar-refractivity contribution in [1.82, 2.24) is 14.8 Å². The first kappa shape index (κ1) is 14.1. The molecule has 0 spiro atoms. The highest BCUT2D eigenvalue weighted by molar-refractivity contribution is 9.10. The number of hydrogen-bond acceptors (Lipinski definition) is 3. The van der Waals surface area contributed by atoms with Crippen molar-refractivity contribution < 1.29 is 9.59 Å². The number of amides is 2. The molecule has 1 aromatic heterocycles. The number of carbonyl (C=O) groups excluding carboxylic acids is 2. The third kappa shape index (κ3) is 3.81. The summed E-state index contributed by atoms with van der Waals surface area (Å²) in [5.41, 5.74) is 5.77. The summed E-state index contributed by atoms with van der Waals surface area (Å²) in [4.78, 5) is 29.9. The molecule has 104 valence electrons. The highest BCUT2D eigenvalue weighted by Gasteiger charge is 2.21. The van der Waals surface area contributed by atoms with Gasteiger partial charge in [0.05, 0.1) is 6.54 Å². The van der Waals surface area contributed by atoms with Crippen molar-refractivity contribution >= 4 is 27.7 Å². The number of nitrogens with one attached hydrogen (secondary N) is 1. The minimum Gasteiger partial charge on any atom is -0.369 e. The molecule has 1 aromatic rings. The van der Waals surface area contributed by atoms with Gasteiger partial charge < -0.3 is 15.6 Å². The molecule has 19 heavy (non-hydrogen) atoms. The van der Waals surface area contributed by atoms with Crippen molar-refractivity contribution in [2.75, 3.05) is 32.7 Å². The van der Waals surface area contributed by atoms with Crippen LogP contribution in [0.2, 0.25) is 0 Å². The number of hydrogen-bond donors (Lipinski definition) is 2. The maximum Gasteiger partial charge on any atom is 0.270 e. The second kappa shape index (κ2) is 6.21. The van der Waals surface area contributed by atoms with Crippen molar-refractivity contribution in [3.05, 3.63) is 22.4 Å². The van der Waals surface area contributed by atoms with Gasteiger partial charge in [-0.2, -0.15) is 0 Å². The number of nitrogens with two attached hydrogens (primary N) is 1. The molecule has 1 aliphatic heterocycles. The molecule has 0 aliphatic carbocycles. The lowest BCUT2D eigenvalue weighted by molar-refractivity contribution is -0.119. The smallest absolute Gasteiger partial charge is 0.270 e. The Bertz CT molecular complexity index is 474. The van der Waals surface area contributed by atoms with Crippen LogP contribution in [0.1, 0.15) is 16.9 Å². The van der Waals surface area contributed by atoms with Crippen molar-refractivity contribution in [3.63, 3.8) is 0 Å². The minimum absolute atomic E-state index is 0.00775. The first-order valence-electron chi connectivity index (χ1n) is 6.20. The molecule has 1 aliphatic rings. The van der Waals surface area contributed by atoms with Crippen molar-refractivity contribution in [2.45, 2.75) is 6.42 Å². The van der Waals surface area contributed by atoms with E-state index in [4.69, 9.17) is 5.73 Å². The Hall–Kier alpha value is -1.34. The van der Waals surface area contributed by atoms with Gasteiger partial charge in [-0.3, -0.25) is 14.5 Å². The van der Waals surface area contributed by atoms with Gasteiger partial charge in [-0.15, -0.1) is 0 Å². The molecule has 2 heterocycles.